The zero-order chi connectivity index (χ0) is 20.3. The van der Waals surface area contributed by atoms with Crippen LogP contribution in [0.5, 0.6) is 0 Å². The van der Waals surface area contributed by atoms with Crippen molar-refractivity contribution >= 4 is 0 Å². The van der Waals surface area contributed by atoms with Crippen molar-refractivity contribution in [2.24, 2.45) is 13.0 Å². The molecule has 2 unspecified atom stereocenters. The summed E-state index contributed by atoms with van der Waals surface area (Å²) in [5, 5.41) is 3.23. The molecule has 0 fully saturated rings. The van der Waals surface area contributed by atoms with Crippen molar-refractivity contribution in [2.45, 2.75) is 64.6 Å². The maximum absolute atomic E-state index is 13.9. The van der Waals surface area contributed by atoms with Crippen molar-refractivity contribution in [2.75, 3.05) is 0 Å². The SMILES string of the molecule is CC/C=C\C(C(c1cc(C(F)(F)F)nn1C)C(F)(F)F)[C@@H](C)OC(C)C. The minimum absolute atomic E-state index is 0.325. The minimum Gasteiger partial charge on any atom is -0.375 e. The van der Waals surface area contributed by atoms with Gasteiger partial charge in [-0.3, -0.25) is 4.68 Å². The monoisotopic (exact) mass is 386 g/mol. The predicted octanol–water partition coefficient (Wildman–Crippen LogP) is 5.48. The van der Waals surface area contributed by atoms with Crippen molar-refractivity contribution in [1.29, 1.82) is 0 Å². The Morgan fingerprint density at radius 1 is 1.15 bits per heavy atom. The molecule has 1 aromatic heterocycles. The van der Waals surface area contributed by atoms with Crippen LogP contribution in [-0.2, 0) is 18.0 Å². The molecule has 0 spiro atoms. The van der Waals surface area contributed by atoms with Crippen LogP contribution in [0.1, 0.15) is 51.4 Å². The number of aromatic nitrogens is 2. The van der Waals surface area contributed by atoms with Gasteiger partial charge in [-0.1, -0.05) is 19.1 Å². The summed E-state index contributed by atoms with van der Waals surface area (Å²) in [6, 6.07) is 0.465. The molecule has 0 N–H and O–H groups in total. The smallest absolute Gasteiger partial charge is 0.375 e. The summed E-state index contributed by atoms with van der Waals surface area (Å²) in [5.41, 5.74) is -1.89. The van der Waals surface area contributed by atoms with Gasteiger partial charge in [0.2, 0.25) is 0 Å². The molecular weight excluding hydrogens is 362 g/mol. The fraction of sp³-hybridized carbons (Fsp3) is 0.706. The van der Waals surface area contributed by atoms with E-state index in [0.29, 0.717) is 17.2 Å². The molecule has 1 aromatic rings. The van der Waals surface area contributed by atoms with Crippen LogP contribution in [0.2, 0.25) is 0 Å². The van der Waals surface area contributed by atoms with E-state index in [2.05, 4.69) is 5.10 Å². The van der Waals surface area contributed by atoms with Gasteiger partial charge in [-0.25, -0.2) is 0 Å². The molecule has 0 amide bonds. The van der Waals surface area contributed by atoms with E-state index in [4.69, 9.17) is 4.74 Å². The van der Waals surface area contributed by atoms with E-state index in [1.807, 2.05) is 0 Å². The summed E-state index contributed by atoms with van der Waals surface area (Å²) in [6.45, 7) is 6.62. The van der Waals surface area contributed by atoms with E-state index in [1.165, 1.54) is 13.0 Å². The highest BCUT2D eigenvalue weighted by atomic mass is 19.4. The summed E-state index contributed by atoms with van der Waals surface area (Å²) in [7, 11) is 1.08. The molecule has 0 saturated heterocycles. The van der Waals surface area contributed by atoms with Gasteiger partial charge >= 0.3 is 12.4 Å². The first-order chi connectivity index (χ1) is 11.8. The fourth-order valence-corrected chi connectivity index (χ4v) is 2.85. The van der Waals surface area contributed by atoms with Gasteiger partial charge in [-0.05, 0) is 33.3 Å². The average molecular weight is 386 g/mol. The van der Waals surface area contributed by atoms with E-state index < -0.39 is 41.7 Å². The first-order valence-corrected chi connectivity index (χ1v) is 8.29. The highest BCUT2D eigenvalue weighted by Gasteiger charge is 2.49. The van der Waals surface area contributed by atoms with Crippen LogP contribution in [0.3, 0.4) is 0 Å². The number of aryl methyl sites for hydroxylation is 1. The summed E-state index contributed by atoms with van der Waals surface area (Å²) >= 11 is 0. The molecule has 3 nitrogen and oxygen atoms in total. The molecule has 0 aliphatic heterocycles. The minimum atomic E-state index is -4.82. The van der Waals surface area contributed by atoms with E-state index >= 15 is 0 Å². The zero-order valence-electron chi connectivity index (χ0n) is 15.3. The van der Waals surface area contributed by atoms with Crippen LogP contribution in [0.4, 0.5) is 26.3 Å². The maximum atomic E-state index is 13.9. The summed E-state index contributed by atoms with van der Waals surface area (Å²) < 4.78 is 86.4. The van der Waals surface area contributed by atoms with Crippen molar-refractivity contribution in [1.82, 2.24) is 9.78 Å². The maximum Gasteiger partial charge on any atom is 0.435 e. The highest BCUT2D eigenvalue weighted by molar-refractivity contribution is 5.22. The van der Waals surface area contributed by atoms with Crippen LogP contribution in [0.15, 0.2) is 18.2 Å². The van der Waals surface area contributed by atoms with E-state index in [9.17, 15) is 26.3 Å². The van der Waals surface area contributed by atoms with Gasteiger partial charge in [-0.15, -0.1) is 0 Å². The Morgan fingerprint density at radius 2 is 1.73 bits per heavy atom. The van der Waals surface area contributed by atoms with Crippen LogP contribution in [-0.4, -0.2) is 28.2 Å². The second-order valence-corrected chi connectivity index (χ2v) is 6.40. The molecule has 1 heterocycles. The topological polar surface area (TPSA) is 27.1 Å². The average Bonchev–Trinajstić information content (AvgIpc) is 2.82. The van der Waals surface area contributed by atoms with Gasteiger partial charge in [0, 0.05) is 13.0 Å². The van der Waals surface area contributed by atoms with Gasteiger partial charge in [0.15, 0.2) is 5.69 Å². The Balaban J connectivity index is 3.46. The van der Waals surface area contributed by atoms with Crippen LogP contribution >= 0.6 is 0 Å². The second-order valence-electron chi connectivity index (χ2n) is 6.40. The second kappa shape index (κ2) is 8.45. The summed E-state index contributed by atoms with van der Waals surface area (Å²) in [5.74, 6) is -3.36. The van der Waals surface area contributed by atoms with Gasteiger partial charge < -0.3 is 4.74 Å². The lowest BCUT2D eigenvalue weighted by atomic mass is 9.84. The normalized spacial score (nSPS) is 17.1. The van der Waals surface area contributed by atoms with Crippen molar-refractivity contribution in [3.8, 4) is 0 Å². The van der Waals surface area contributed by atoms with Crippen molar-refractivity contribution < 1.29 is 31.1 Å². The van der Waals surface area contributed by atoms with Crippen LogP contribution in [0, 0.1) is 5.92 Å². The highest BCUT2D eigenvalue weighted by Crippen LogP contribution is 2.44. The molecule has 3 atom stereocenters. The van der Waals surface area contributed by atoms with Gasteiger partial charge in [-0.2, -0.15) is 31.4 Å². The summed E-state index contributed by atoms with van der Waals surface area (Å²) in [6.07, 6.45) is -7.35. The number of ether oxygens (including phenoxy) is 1. The first-order valence-electron chi connectivity index (χ1n) is 8.29. The largest absolute Gasteiger partial charge is 0.435 e. The molecule has 0 aliphatic rings. The Hall–Kier alpha value is -1.51. The third-order valence-electron chi connectivity index (χ3n) is 3.89. The van der Waals surface area contributed by atoms with E-state index in [0.717, 1.165) is 7.05 Å². The van der Waals surface area contributed by atoms with Gasteiger partial charge in [0.1, 0.15) is 5.92 Å². The molecule has 1 rings (SSSR count). The third kappa shape index (κ3) is 5.75. The Labute approximate surface area is 149 Å². The zero-order valence-corrected chi connectivity index (χ0v) is 15.3. The molecule has 0 radical (unpaired) electrons. The molecule has 26 heavy (non-hydrogen) atoms. The summed E-state index contributed by atoms with van der Waals surface area (Å²) in [4.78, 5) is 0. The van der Waals surface area contributed by atoms with Crippen LogP contribution in [0.25, 0.3) is 0 Å². The number of halogens is 6. The third-order valence-corrected chi connectivity index (χ3v) is 3.89. The predicted molar refractivity (Wildman–Crippen MR) is 85.6 cm³/mol. The standard InChI is InChI=1S/C17H24F6N2O/c1-6-7-8-12(11(4)26-10(2)3)15(17(21,22)23)13-9-14(16(18,19)20)24-25(13)5/h7-12,15H,6H2,1-5H3/b8-7-/t11-,12?,15?/m1/s1. The Bertz CT molecular complexity index is 603. The number of allylic oxidation sites excluding steroid dienone is 1. The molecule has 0 aromatic carbocycles. The molecule has 0 saturated carbocycles. The number of nitrogens with zero attached hydrogens (tertiary/aromatic N) is 2. The van der Waals surface area contributed by atoms with Crippen molar-refractivity contribution in [3.63, 3.8) is 0 Å². The van der Waals surface area contributed by atoms with E-state index in [1.54, 1.807) is 26.8 Å². The molecule has 9 heteroatoms. The Morgan fingerprint density at radius 3 is 2.12 bits per heavy atom. The number of rotatable bonds is 7. The lowest BCUT2D eigenvalue weighted by molar-refractivity contribution is -0.171. The van der Waals surface area contributed by atoms with Crippen molar-refractivity contribution in [3.05, 3.63) is 29.6 Å². The molecular formula is C17H24F6N2O. The number of alkyl halides is 6. The first kappa shape index (κ1) is 22.5. The quantitative estimate of drug-likeness (QED) is 0.458. The van der Waals surface area contributed by atoms with E-state index in [-0.39, 0.29) is 6.10 Å². The molecule has 0 bridgehead atoms. The van der Waals surface area contributed by atoms with Gasteiger partial charge in [0.25, 0.3) is 0 Å². The molecule has 150 valence electrons. The molecule has 0 aliphatic carbocycles. The van der Waals surface area contributed by atoms with Gasteiger partial charge in [0.05, 0.1) is 17.9 Å². The Kier molecular flexibility index (Phi) is 7.33. The fourth-order valence-electron chi connectivity index (χ4n) is 2.85. The lowest BCUT2D eigenvalue weighted by Crippen LogP contribution is -2.36. The van der Waals surface area contributed by atoms with Crippen LogP contribution < -0.4 is 0 Å². The lowest BCUT2D eigenvalue weighted by Gasteiger charge is -2.32. The number of hydrogen-bond acceptors (Lipinski definition) is 2. The number of hydrogen-bond donors (Lipinski definition) is 0.